The van der Waals surface area contributed by atoms with Crippen molar-refractivity contribution in [2.75, 3.05) is 6.61 Å². The number of hydrogen-bond donors (Lipinski definition) is 0. The number of esters is 1. The molecular weight excluding hydrogens is 204 g/mol. The van der Waals surface area contributed by atoms with E-state index in [-0.39, 0.29) is 12.3 Å². The zero-order valence-electron chi connectivity index (χ0n) is 10.1. The summed E-state index contributed by atoms with van der Waals surface area (Å²) in [5, 5.41) is 0. The van der Waals surface area contributed by atoms with Crippen LogP contribution in [0.25, 0.3) is 0 Å². The Balaban J connectivity index is 1.90. The fourth-order valence-electron chi connectivity index (χ4n) is 2.41. The molecule has 0 aromatic heterocycles. The molecule has 0 saturated carbocycles. The lowest BCUT2D eigenvalue weighted by molar-refractivity contribution is -0.166. The number of fused-ring (bicyclic) bond motifs is 1. The van der Waals surface area contributed by atoms with Gasteiger partial charge in [-0.2, -0.15) is 0 Å². The molecule has 0 aromatic rings. The van der Waals surface area contributed by atoms with Crippen LogP contribution in [-0.2, 0) is 14.3 Å². The van der Waals surface area contributed by atoms with Gasteiger partial charge in [-0.15, -0.1) is 0 Å². The van der Waals surface area contributed by atoms with Gasteiger partial charge in [-0.3, -0.25) is 0 Å². The van der Waals surface area contributed by atoms with E-state index < -0.39 is 0 Å². The van der Waals surface area contributed by atoms with Gasteiger partial charge in [-0.1, -0.05) is 26.2 Å². The minimum atomic E-state index is -0.366. The number of carbonyl (C=O) groups excluding carboxylic acids is 1. The van der Waals surface area contributed by atoms with Crippen LogP contribution in [0.4, 0.5) is 0 Å². The fraction of sp³-hybridized carbons (Fsp3) is 0.769. The molecule has 16 heavy (non-hydrogen) atoms. The molecule has 2 unspecified atom stereocenters. The monoisotopic (exact) mass is 224 g/mol. The van der Waals surface area contributed by atoms with E-state index in [4.69, 9.17) is 9.47 Å². The first kappa shape index (κ1) is 11.6. The maximum absolute atomic E-state index is 11.3. The van der Waals surface area contributed by atoms with Crippen LogP contribution in [0, 0.1) is 5.92 Å². The summed E-state index contributed by atoms with van der Waals surface area (Å²) in [4.78, 5) is 11.3. The second-order valence-electron chi connectivity index (χ2n) is 4.79. The zero-order chi connectivity index (χ0) is 11.5. The molecule has 0 aromatic carbocycles. The number of ether oxygens (including phenoxy) is 2. The summed E-state index contributed by atoms with van der Waals surface area (Å²) in [6, 6.07) is 0. The second-order valence-corrected chi connectivity index (χ2v) is 4.79. The van der Waals surface area contributed by atoms with E-state index >= 15 is 0 Å². The van der Waals surface area contributed by atoms with Gasteiger partial charge in [-0.05, 0) is 25.7 Å². The molecule has 1 saturated heterocycles. The van der Waals surface area contributed by atoms with E-state index in [1.165, 1.54) is 25.7 Å². The smallest absolute Gasteiger partial charge is 0.336 e. The summed E-state index contributed by atoms with van der Waals surface area (Å²) in [5.41, 5.74) is 1.85. The quantitative estimate of drug-likeness (QED) is 0.544. The standard InChI is InChI=1S/C13H20O3/c1-3-4-5-6-10-7-11-9(2)12(14)16-13(11)15-8-10/h10,13H,3-8H2,1-2H3. The van der Waals surface area contributed by atoms with Gasteiger partial charge in [0.05, 0.1) is 6.61 Å². The van der Waals surface area contributed by atoms with Crippen molar-refractivity contribution in [2.24, 2.45) is 5.92 Å². The summed E-state index contributed by atoms with van der Waals surface area (Å²) < 4.78 is 10.7. The van der Waals surface area contributed by atoms with Gasteiger partial charge in [-0.25, -0.2) is 4.79 Å². The van der Waals surface area contributed by atoms with Crippen LogP contribution in [0.5, 0.6) is 0 Å². The highest BCUT2D eigenvalue weighted by Gasteiger charge is 2.36. The highest BCUT2D eigenvalue weighted by molar-refractivity contribution is 5.91. The average molecular weight is 224 g/mol. The predicted molar refractivity (Wildman–Crippen MR) is 60.8 cm³/mol. The van der Waals surface area contributed by atoms with Gasteiger partial charge >= 0.3 is 5.97 Å². The molecule has 0 bridgehead atoms. The van der Waals surface area contributed by atoms with Crippen molar-refractivity contribution in [3.05, 3.63) is 11.1 Å². The molecule has 2 heterocycles. The number of carbonyl (C=O) groups is 1. The van der Waals surface area contributed by atoms with E-state index in [0.717, 1.165) is 24.2 Å². The minimum absolute atomic E-state index is 0.200. The summed E-state index contributed by atoms with van der Waals surface area (Å²) in [6.07, 6.45) is 5.61. The summed E-state index contributed by atoms with van der Waals surface area (Å²) in [6.45, 7) is 4.79. The molecule has 0 spiro atoms. The van der Waals surface area contributed by atoms with Crippen LogP contribution in [0.1, 0.15) is 46.0 Å². The Morgan fingerprint density at radius 3 is 2.94 bits per heavy atom. The van der Waals surface area contributed by atoms with Crippen LogP contribution in [-0.4, -0.2) is 18.9 Å². The van der Waals surface area contributed by atoms with Crippen molar-refractivity contribution in [1.82, 2.24) is 0 Å². The Kier molecular flexibility index (Phi) is 3.64. The van der Waals surface area contributed by atoms with Crippen molar-refractivity contribution in [3.8, 4) is 0 Å². The van der Waals surface area contributed by atoms with Gasteiger partial charge in [0.2, 0.25) is 6.29 Å². The number of rotatable bonds is 4. The average Bonchev–Trinajstić information content (AvgIpc) is 2.56. The molecule has 3 heteroatoms. The third-order valence-electron chi connectivity index (χ3n) is 3.49. The minimum Gasteiger partial charge on any atom is -0.428 e. The Morgan fingerprint density at radius 1 is 1.38 bits per heavy atom. The molecular formula is C13H20O3. The van der Waals surface area contributed by atoms with Gasteiger partial charge < -0.3 is 9.47 Å². The van der Waals surface area contributed by atoms with Crippen LogP contribution in [0.3, 0.4) is 0 Å². The maximum atomic E-state index is 11.3. The normalized spacial score (nSPS) is 29.2. The van der Waals surface area contributed by atoms with Crippen molar-refractivity contribution >= 4 is 5.97 Å². The molecule has 0 aliphatic carbocycles. The third kappa shape index (κ3) is 2.29. The first-order chi connectivity index (χ1) is 7.72. The molecule has 2 aliphatic heterocycles. The Hall–Kier alpha value is -0.830. The summed E-state index contributed by atoms with van der Waals surface area (Å²) >= 11 is 0. The van der Waals surface area contributed by atoms with E-state index in [2.05, 4.69) is 6.92 Å². The van der Waals surface area contributed by atoms with Crippen LogP contribution >= 0.6 is 0 Å². The van der Waals surface area contributed by atoms with Crippen molar-refractivity contribution < 1.29 is 14.3 Å². The van der Waals surface area contributed by atoms with Gasteiger partial charge in [0, 0.05) is 11.1 Å². The first-order valence-electron chi connectivity index (χ1n) is 6.24. The molecule has 0 amide bonds. The lowest BCUT2D eigenvalue weighted by atomic mass is 9.90. The molecule has 3 nitrogen and oxygen atoms in total. The fourth-order valence-corrected chi connectivity index (χ4v) is 2.41. The van der Waals surface area contributed by atoms with Gasteiger partial charge in [0.15, 0.2) is 0 Å². The van der Waals surface area contributed by atoms with Crippen molar-refractivity contribution in [3.63, 3.8) is 0 Å². The highest BCUT2D eigenvalue weighted by Crippen LogP contribution is 2.35. The molecule has 2 rings (SSSR count). The summed E-state index contributed by atoms with van der Waals surface area (Å²) in [5.74, 6) is 0.372. The highest BCUT2D eigenvalue weighted by atomic mass is 16.7. The topological polar surface area (TPSA) is 35.5 Å². The summed E-state index contributed by atoms with van der Waals surface area (Å²) in [7, 11) is 0. The molecule has 1 fully saturated rings. The zero-order valence-corrected chi connectivity index (χ0v) is 10.1. The molecule has 2 atom stereocenters. The maximum Gasteiger partial charge on any atom is 0.336 e. The first-order valence-corrected chi connectivity index (χ1v) is 6.24. The SMILES string of the molecule is CCCCCC1COC2OC(=O)C(C)=C2C1. The lowest BCUT2D eigenvalue weighted by Gasteiger charge is -2.27. The Morgan fingerprint density at radius 2 is 2.19 bits per heavy atom. The Labute approximate surface area is 96.8 Å². The van der Waals surface area contributed by atoms with Crippen LogP contribution < -0.4 is 0 Å². The van der Waals surface area contributed by atoms with Crippen molar-refractivity contribution in [1.29, 1.82) is 0 Å². The van der Waals surface area contributed by atoms with E-state index in [1.807, 2.05) is 6.92 Å². The van der Waals surface area contributed by atoms with Crippen molar-refractivity contribution in [2.45, 2.75) is 52.2 Å². The van der Waals surface area contributed by atoms with E-state index in [0.29, 0.717) is 5.92 Å². The largest absolute Gasteiger partial charge is 0.428 e. The van der Waals surface area contributed by atoms with Gasteiger partial charge in [0.25, 0.3) is 0 Å². The van der Waals surface area contributed by atoms with Gasteiger partial charge in [0.1, 0.15) is 0 Å². The van der Waals surface area contributed by atoms with E-state index in [9.17, 15) is 4.79 Å². The number of unbranched alkanes of at least 4 members (excludes halogenated alkanes) is 2. The molecule has 2 aliphatic rings. The Bertz CT molecular complexity index is 306. The predicted octanol–water partition coefficient (Wildman–Crippen LogP) is 2.80. The lowest BCUT2D eigenvalue weighted by Crippen LogP contribution is -2.27. The third-order valence-corrected chi connectivity index (χ3v) is 3.49. The van der Waals surface area contributed by atoms with Crippen LogP contribution in [0.2, 0.25) is 0 Å². The molecule has 0 N–H and O–H groups in total. The van der Waals surface area contributed by atoms with E-state index in [1.54, 1.807) is 0 Å². The number of hydrogen-bond acceptors (Lipinski definition) is 3. The molecule has 90 valence electrons. The second kappa shape index (κ2) is 5.00. The van der Waals surface area contributed by atoms with Crippen LogP contribution in [0.15, 0.2) is 11.1 Å². The molecule has 0 radical (unpaired) electrons.